The fourth-order valence-electron chi connectivity index (χ4n) is 2.57. The third-order valence-electron chi connectivity index (χ3n) is 3.82. The van der Waals surface area contributed by atoms with Crippen molar-refractivity contribution in [2.24, 2.45) is 5.92 Å². The second-order valence-corrected chi connectivity index (χ2v) is 6.34. The number of nitrogens with one attached hydrogen (secondary N) is 1. The van der Waals surface area contributed by atoms with Crippen LogP contribution in [-0.4, -0.2) is 32.3 Å². The second-order valence-electron chi connectivity index (χ2n) is 6.34. The summed E-state index contributed by atoms with van der Waals surface area (Å²) < 4.78 is 5.94. The normalized spacial score (nSPS) is 17.1. The van der Waals surface area contributed by atoms with Gasteiger partial charge in [0.1, 0.15) is 17.9 Å². The Morgan fingerprint density at radius 3 is 2.67 bits per heavy atom. The third-order valence-corrected chi connectivity index (χ3v) is 3.82. The lowest BCUT2D eigenvalue weighted by atomic mass is 9.95. The predicted molar refractivity (Wildman–Crippen MR) is 85.6 cm³/mol. The number of nitriles is 1. The SMILES string of the molecule is CC(C)NC(C#N)(COc1cccc(N(C)C)c1)C1CC1. The van der Waals surface area contributed by atoms with Crippen LogP contribution >= 0.6 is 0 Å². The molecule has 1 atom stereocenters. The van der Waals surface area contributed by atoms with Gasteiger partial charge in [-0.3, -0.25) is 5.32 Å². The maximum Gasteiger partial charge on any atom is 0.144 e. The average Bonchev–Trinajstić information content (AvgIpc) is 3.28. The molecule has 1 N–H and O–H groups in total. The molecule has 0 radical (unpaired) electrons. The summed E-state index contributed by atoms with van der Waals surface area (Å²) in [6.07, 6.45) is 2.21. The summed E-state index contributed by atoms with van der Waals surface area (Å²) in [7, 11) is 4.01. The highest BCUT2D eigenvalue weighted by atomic mass is 16.5. The molecule has 1 unspecified atom stereocenters. The van der Waals surface area contributed by atoms with Gasteiger partial charge in [-0.05, 0) is 44.7 Å². The third kappa shape index (κ3) is 3.89. The number of rotatable bonds is 7. The van der Waals surface area contributed by atoms with Crippen molar-refractivity contribution in [2.75, 3.05) is 25.6 Å². The zero-order valence-electron chi connectivity index (χ0n) is 13.4. The maximum atomic E-state index is 9.66. The van der Waals surface area contributed by atoms with Crippen molar-refractivity contribution >= 4 is 5.69 Å². The molecule has 1 aliphatic rings. The highest BCUT2D eigenvalue weighted by Gasteiger charge is 2.46. The van der Waals surface area contributed by atoms with E-state index in [-0.39, 0.29) is 6.04 Å². The van der Waals surface area contributed by atoms with E-state index < -0.39 is 5.54 Å². The van der Waals surface area contributed by atoms with Gasteiger partial charge in [-0.15, -0.1) is 0 Å². The molecule has 1 aromatic rings. The van der Waals surface area contributed by atoms with E-state index in [1.807, 2.05) is 43.3 Å². The van der Waals surface area contributed by atoms with Crippen molar-refractivity contribution in [1.82, 2.24) is 5.32 Å². The van der Waals surface area contributed by atoms with Crippen molar-refractivity contribution in [3.05, 3.63) is 24.3 Å². The van der Waals surface area contributed by atoms with Gasteiger partial charge in [0.25, 0.3) is 0 Å². The van der Waals surface area contributed by atoms with Crippen LogP contribution in [0.4, 0.5) is 5.69 Å². The molecule has 4 nitrogen and oxygen atoms in total. The maximum absolute atomic E-state index is 9.66. The first-order valence-corrected chi connectivity index (χ1v) is 7.56. The van der Waals surface area contributed by atoms with E-state index >= 15 is 0 Å². The minimum atomic E-state index is -0.567. The van der Waals surface area contributed by atoms with Crippen molar-refractivity contribution in [3.63, 3.8) is 0 Å². The van der Waals surface area contributed by atoms with Gasteiger partial charge in [0.05, 0.1) is 6.07 Å². The van der Waals surface area contributed by atoms with E-state index in [0.29, 0.717) is 12.5 Å². The summed E-state index contributed by atoms with van der Waals surface area (Å²) >= 11 is 0. The monoisotopic (exact) mass is 287 g/mol. The number of benzene rings is 1. The van der Waals surface area contributed by atoms with Gasteiger partial charge in [-0.2, -0.15) is 5.26 Å². The van der Waals surface area contributed by atoms with Gasteiger partial charge < -0.3 is 9.64 Å². The van der Waals surface area contributed by atoms with Gasteiger partial charge in [-0.1, -0.05) is 6.07 Å². The van der Waals surface area contributed by atoms with Crippen LogP contribution in [0.2, 0.25) is 0 Å². The molecule has 0 aliphatic heterocycles. The van der Waals surface area contributed by atoms with Gasteiger partial charge >= 0.3 is 0 Å². The molecule has 0 amide bonds. The van der Waals surface area contributed by atoms with Crippen LogP contribution in [0, 0.1) is 17.2 Å². The highest BCUT2D eigenvalue weighted by Crippen LogP contribution is 2.40. The summed E-state index contributed by atoms with van der Waals surface area (Å²) in [4.78, 5) is 2.04. The molecular weight excluding hydrogens is 262 g/mol. The Balaban J connectivity index is 2.08. The van der Waals surface area contributed by atoms with Crippen molar-refractivity contribution in [1.29, 1.82) is 5.26 Å². The lowest BCUT2D eigenvalue weighted by molar-refractivity contribution is 0.192. The van der Waals surface area contributed by atoms with Crippen LogP contribution in [0.15, 0.2) is 24.3 Å². The topological polar surface area (TPSA) is 48.3 Å². The van der Waals surface area contributed by atoms with Crippen LogP contribution in [0.25, 0.3) is 0 Å². The highest BCUT2D eigenvalue weighted by molar-refractivity contribution is 5.49. The first-order valence-electron chi connectivity index (χ1n) is 7.56. The Morgan fingerprint density at radius 1 is 1.43 bits per heavy atom. The van der Waals surface area contributed by atoms with Gasteiger partial charge in [0.15, 0.2) is 0 Å². The summed E-state index contributed by atoms with van der Waals surface area (Å²) in [5.41, 5.74) is 0.528. The Labute approximate surface area is 127 Å². The van der Waals surface area contributed by atoms with Crippen molar-refractivity contribution in [2.45, 2.75) is 38.3 Å². The van der Waals surface area contributed by atoms with Crippen molar-refractivity contribution in [3.8, 4) is 11.8 Å². The summed E-state index contributed by atoms with van der Waals surface area (Å²) in [6.45, 7) is 4.53. The molecular formula is C17H25N3O. The molecule has 0 spiro atoms. The molecule has 1 aliphatic carbocycles. The predicted octanol–water partition coefficient (Wildman–Crippen LogP) is 2.80. The fraction of sp³-hybridized carbons (Fsp3) is 0.588. The standard InChI is InChI=1S/C17H25N3O/c1-13(2)19-17(11-18,14-8-9-14)12-21-16-7-5-6-15(10-16)20(3)4/h5-7,10,13-14,19H,8-9,12H2,1-4H3. The van der Waals surface area contributed by atoms with E-state index in [4.69, 9.17) is 4.74 Å². The molecule has 4 heteroatoms. The first kappa shape index (κ1) is 15.7. The number of ether oxygens (including phenoxy) is 1. The Hall–Kier alpha value is -1.73. The minimum Gasteiger partial charge on any atom is -0.490 e. The number of hydrogen-bond acceptors (Lipinski definition) is 4. The van der Waals surface area contributed by atoms with Gasteiger partial charge in [-0.25, -0.2) is 0 Å². The largest absolute Gasteiger partial charge is 0.490 e. The molecule has 0 heterocycles. The van der Waals surface area contributed by atoms with Crippen LogP contribution in [0.5, 0.6) is 5.75 Å². The Bertz CT molecular complexity index is 517. The number of hydrogen-bond donors (Lipinski definition) is 1. The summed E-state index contributed by atoms with van der Waals surface area (Å²) in [5.74, 6) is 1.22. The second kappa shape index (κ2) is 6.36. The molecule has 1 fully saturated rings. The summed E-state index contributed by atoms with van der Waals surface area (Å²) in [6, 6.07) is 10.7. The van der Waals surface area contributed by atoms with Gasteiger partial charge in [0.2, 0.25) is 0 Å². The summed E-state index contributed by atoms with van der Waals surface area (Å²) in [5, 5.41) is 13.1. The smallest absolute Gasteiger partial charge is 0.144 e. The fourth-order valence-corrected chi connectivity index (χ4v) is 2.57. The quantitative estimate of drug-likeness (QED) is 0.838. The Kier molecular flexibility index (Phi) is 4.74. The minimum absolute atomic E-state index is 0.266. The lowest BCUT2D eigenvalue weighted by Gasteiger charge is -2.30. The van der Waals surface area contributed by atoms with E-state index in [2.05, 4.69) is 25.2 Å². The molecule has 1 saturated carbocycles. The molecule has 114 valence electrons. The van der Waals surface area contributed by atoms with Gasteiger partial charge in [0, 0.05) is 31.9 Å². The zero-order chi connectivity index (χ0) is 15.5. The van der Waals surface area contributed by atoms with Crippen LogP contribution in [0.3, 0.4) is 0 Å². The molecule has 0 aromatic heterocycles. The number of anilines is 1. The van der Waals surface area contributed by atoms with E-state index in [1.54, 1.807) is 0 Å². The van der Waals surface area contributed by atoms with Crippen LogP contribution in [0.1, 0.15) is 26.7 Å². The lowest BCUT2D eigenvalue weighted by Crippen LogP contribution is -2.53. The Morgan fingerprint density at radius 2 is 2.14 bits per heavy atom. The molecule has 0 bridgehead atoms. The first-order chi connectivity index (χ1) is 9.97. The van der Waals surface area contributed by atoms with E-state index in [9.17, 15) is 5.26 Å². The molecule has 2 rings (SSSR count). The molecule has 1 aromatic carbocycles. The van der Waals surface area contributed by atoms with E-state index in [0.717, 1.165) is 24.3 Å². The van der Waals surface area contributed by atoms with Crippen LogP contribution in [-0.2, 0) is 0 Å². The average molecular weight is 287 g/mol. The number of nitrogens with zero attached hydrogens (tertiary/aromatic N) is 2. The van der Waals surface area contributed by atoms with Crippen LogP contribution < -0.4 is 15.0 Å². The zero-order valence-corrected chi connectivity index (χ0v) is 13.4. The molecule has 21 heavy (non-hydrogen) atoms. The van der Waals surface area contributed by atoms with Crippen molar-refractivity contribution < 1.29 is 4.74 Å². The molecule has 0 saturated heterocycles. The van der Waals surface area contributed by atoms with E-state index in [1.165, 1.54) is 0 Å².